The molecule has 0 bridgehead atoms. The SMILES string of the molecule is Cc1cnc(C(=O)N2CCC(Oc3cccc(C(=O)NCc4ccccn4)c3)CC2)cn1. The molecule has 1 aliphatic heterocycles. The molecule has 1 saturated heterocycles. The van der Waals surface area contributed by atoms with Gasteiger partial charge in [0.05, 0.1) is 24.1 Å². The number of amides is 2. The average molecular weight is 431 g/mol. The van der Waals surface area contributed by atoms with E-state index in [1.54, 1.807) is 35.5 Å². The molecule has 3 aromatic rings. The summed E-state index contributed by atoms with van der Waals surface area (Å²) in [6, 6.07) is 12.7. The number of carbonyl (C=O) groups is 2. The maximum Gasteiger partial charge on any atom is 0.274 e. The Kier molecular flexibility index (Phi) is 6.69. The number of nitrogens with one attached hydrogen (secondary N) is 1. The molecular weight excluding hydrogens is 406 g/mol. The van der Waals surface area contributed by atoms with E-state index in [0.717, 1.165) is 11.4 Å². The van der Waals surface area contributed by atoms with Gasteiger partial charge in [-0.05, 0) is 37.3 Å². The summed E-state index contributed by atoms with van der Waals surface area (Å²) in [6.45, 7) is 3.37. The third-order valence-corrected chi connectivity index (χ3v) is 5.28. The predicted octanol–water partition coefficient (Wildman–Crippen LogP) is 2.79. The maximum atomic E-state index is 12.6. The number of piperidine rings is 1. The van der Waals surface area contributed by atoms with Gasteiger partial charge in [0.15, 0.2) is 0 Å². The number of rotatable bonds is 6. The molecular formula is C24H25N5O3. The van der Waals surface area contributed by atoms with E-state index >= 15 is 0 Å². The third kappa shape index (κ3) is 5.46. The number of hydrogen-bond acceptors (Lipinski definition) is 6. The van der Waals surface area contributed by atoms with Crippen LogP contribution in [0.1, 0.15) is 45.1 Å². The summed E-state index contributed by atoms with van der Waals surface area (Å²) < 4.78 is 6.10. The van der Waals surface area contributed by atoms with Gasteiger partial charge in [0.2, 0.25) is 0 Å². The van der Waals surface area contributed by atoms with Crippen LogP contribution >= 0.6 is 0 Å². The summed E-state index contributed by atoms with van der Waals surface area (Å²) in [5.41, 5.74) is 2.47. The van der Waals surface area contributed by atoms with Gasteiger partial charge in [-0.25, -0.2) is 4.98 Å². The van der Waals surface area contributed by atoms with Crippen LogP contribution in [0, 0.1) is 6.92 Å². The molecule has 8 heteroatoms. The summed E-state index contributed by atoms with van der Waals surface area (Å²) in [4.78, 5) is 39.4. The van der Waals surface area contributed by atoms with Crippen LogP contribution in [0.25, 0.3) is 0 Å². The zero-order valence-electron chi connectivity index (χ0n) is 17.9. The van der Waals surface area contributed by atoms with E-state index in [9.17, 15) is 9.59 Å². The standard InChI is InChI=1S/C24H25N5O3/c1-17-14-27-22(16-26-17)24(31)29-11-8-20(9-12-29)32-21-7-4-5-18(13-21)23(30)28-15-19-6-2-3-10-25-19/h2-7,10,13-14,16,20H,8-9,11-12,15H2,1H3,(H,28,30). The molecule has 8 nitrogen and oxygen atoms in total. The molecule has 3 heterocycles. The van der Waals surface area contributed by atoms with E-state index in [-0.39, 0.29) is 17.9 Å². The van der Waals surface area contributed by atoms with Crippen molar-refractivity contribution in [3.05, 3.63) is 83.7 Å². The molecule has 0 aliphatic carbocycles. The van der Waals surface area contributed by atoms with Crippen molar-refractivity contribution in [2.24, 2.45) is 0 Å². The van der Waals surface area contributed by atoms with Crippen LogP contribution < -0.4 is 10.1 Å². The summed E-state index contributed by atoms with van der Waals surface area (Å²) in [5.74, 6) is 0.355. The second kappa shape index (κ2) is 10.00. The lowest BCUT2D eigenvalue weighted by Gasteiger charge is -2.32. The normalized spacial score (nSPS) is 14.1. The van der Waals surface area contributed by atoms with Crippen LogP contribution in [0.4, 0.5) is 0 Å². The van der Waals surface area contributed by atoms with E-state index < -0.39 is 0 Å². The lowest BCUT2D eigenvalue weighted by atomic mass is 10.1. The van der Waals surface area contributed by atoms with Gasteiger partial charge in [-0.15, -0.1) is 0 Å². The van der Waals surface area contributed by atoms with E-state index in [0.29, 0.717) is 49.5 Å². The molecule has 0 unspecified atom stereocenters. The van der Waals surface area contributed by atoms with E-state index in [4.69, 9.17) is 4.74 Å². The highest BCUT2D eigenvalue weighted by Gasteiger charge is 2.25. The van der Waals surface area contributed by atoms with Crippen molar-refractivity contribution in [1.29, 1.82) is 0 Å². The molecule has 0 saturated carbocycles. The quantitative estimate of drug-likeness (QED) is 0.645. The number of aromatic nitrogens is 3. The van der Waals surface area contributed by atoms with Gasteiger partial charge in [0.25, 0.3) is 11.8 Å². The topological polar surface area (TPSA) is 97.3 Å². The van der Waals surface area contributed by atoms with Crippen LogP contribution in [0.3, 0.4) is 0 Å². The van der Waals surface area contributed by atoms with Crippen molar-refractivity contribution >= 4 is 11.8 Å². The first-order valence-electron chi connectivity index (χ1n) is 10.6. The minimum Gasteiger partial charge on any atom is -0.490 e. The van der Waals surface area contributed by atoms with Gasteiger partial charge >= 0.3 is 0 Å². The summed E-state index contributed by atoms with van der Waals surface area (Å²) in [6.07, 6.45) is 6.22. The summed E-state index contributed by atoms with van der Waals surface area (Å²) >= 11 is 0. The van der Waals surface area contributed by atoms with Crippen molar-refractivity contribution in [3.63, 3.8) is 0 Å². The fourth-order valence-corrected chi connectivity index (χ4v) is 3.52. The largest absolute Gasteiger partial charge is 0.490 e. The minimum atomic E-state index is -0.180. The Morgan fingerprint density at radius 2 is 1.91 bits per heavy atom. The Labute approximate surface area is 186 Å². The molecule has 2 aromatic heterocycles. The number of likely N-dealkylation sites (tertiary alicyclic amines) is 1. The highest BCUT2D eigenvalue weighted by atomic mass is 16.5. The zero-order valence-corrected chi connectivity index (χ0v) is 17.9. The number of benzene rings is 1. The lowest BCUT2D eigenvalue weighted by Crippen LogP contribution is -2.42. The number of ether oxygens (including phenoxy) is 1. The Morgan fingerprint density at radius 3 is 2.62 bits per heavy atom. The van der Waals surface area contributed by atoms with E-state index in [1.807, 2.05) is 31.2 Å². The molecule has 1 N–H and O–H groups in total. The monoisotopic (exact) mass is 431 g/mol. The van der Waals surface area contributed by atoms with Gasteiger partial charge in [0.1, 0.15) is 17.5 Å². The minimum absolute atomic E-state index is 0.0185. The molecule has 0 atom stereocenters. The van der Waals surface area contributed by atoms with E-state index in [2.05, 4.69) is 20.3 Å². The Bertz CT molecular complexity index is 1060. The number of nitrogens with zero attached hydrogens (tertiary/aromatic N) is 4. The van der Waals surface area contributed by atoms with Gasteiger partial charge in [-0.3, -0.25) is 19.6 Å². The molecule has 1 aromatic carbocycles. The molecule has 2 amide bonds. The van der Waals surface area contributed by atoms with Crippen molar-refractivity contribution in [2.75, 3.05) is 13.1 Å². The second-order valence-electron chi connectivity index (χ2n) is 7.68. The highest BCUT2D eigenvalue weighted by Crippen LogP contribution is 2.21. The predicted molar refractivity (Wildman–Crippen MR) is 118 cm³/mol. The smallest absolute Gasteiger partial charge is 0.274 e. The first-order valence-corrected chi connectivity index (χ1v) is 10.6. The van der Waals surface area contributed by atoms with Gasteiger partial charge in [0, 0.05) is 43.9 Å². The first-order chi connectivity index (χ1) is 15.6. The van der Waals surface area contributed by atoms with Crippen LogP contribution in [-0.4, -0.2) is 50.9 Å². The highest BCUT2D eigenvalue weighted by molar-refractivity contribution is 5.94. The van der Waals surface area contributed by atoms with Crippen LogP contribution in [0.2, 0.25) is 0 Å². The maximum absolute atomic E-state index is 12.6. The van der Waals surface area contributed by atoms with Crippen LogP contribution in [0.15, 0.2) is 61.1 Å². The summed E-state index contributed by atoms with van der Waals surface area (Å²) in [5, 5.41) is 2.87. The summed E-state index contributed by atoms with van der Waals surface area (Å²) in [7, 11) is 0. The fraction of sp³-hybridized carbons (Fsp3) is 0.292. The van der Waals surface area contributed by atoms with E-state index in [1.165, 1.54) is 6.20 Å². The van der Waals surface area contributed by atoms with Crippen molar-refractivity contribution in [3.8, 4) is 5.75 Å². The molecule has 1 fully saturated rings. The van der Waals surface area contributed by atoms with Crippen LogP contribution in [-0.2, 0) is 6.54 Å². The van der Waals surface area contributed by atoms with Gasteiger partial charge < -0.3 is 15.0 Å². The Balaban J connectivity index is 1.29. The number of carbonyl (C=O) groups excluding carboxylic acids is 2. The van der Waals surface area contributed by atoms with Gasteiger partial charge in [-0.1, -0.05) is 12.1 Å². The number of hydrogen-bond donors (Lipinski definition) is 1. The number of pyridine rings is 1. The fourth-order valence-electron chi connectivity index (χ4n) is 3.52. The van der Waals surface area contributed by atoms with Gasteiger partial charge in [-0.2, -0.15) is 0 Å². The van der Waals surface area contributed by atoms with Crippen LogP contribution in [0.5, 0.6) is 5.75 Å². The van der Waals surface area contributed by atoms with Crippen molar-refractivity contribution in [2.45, 2.75) is 32.4 Å². The first kappa shape index (κ1) is 21.4. The molecule has 164 valence electrons. The molecule has 1 aliphatic rings. The zero-order chi connectivity index (χ0) is 22.3. The molecule has 0 radical (unpaired) electrons. The van der Waals surface area contributed by atoms with Crippen molar-refractivity contribution < 1.29 is 14.3 Å². The Hall–Kier alpha value is -3.81. The average Bonchev–Trinajstić information content (AvgIpc) is 2.84. The van der Waals surface area contributed by atoms with Crippen molar-refractivity contribution in [1.82, 2.24) is 25.2 Å². The molecule has 0 spiro atoms. The second-order valence-corrected chi connectivity index (χ2v) is 7.68. The third-order valence-electron chi connectivity index (χ3n) is 5.28. The molecule has 32 heavy (non-hydrogen) atoms. The Morgan fingerprint density at radius 1 is 1.06 bits per heavy atom. The molecule has 4 rings (SSSR count). The number of aryl methyl sites for hydroxylation is 1. The lowest BCUT2D eigenvalue weighted by molar-refractivity contribution is 0.0589.